The van der Waals surface area contributed by atoms with Gasteiger partial charge >= 0.3 is 6.18 Å². The molecule has 6 nitrogen and oxygen atoms in total. The Labute approximate surface area is 175 Å². The van der Waals surface area contributed by atoms with Crippen molar-refractivity contribution in [1.82, 2.24) is 4.98 Å². The van der Waals surface area contributed by atoms with E-state index in [2.05, 4.69) is 21.4 Å². The monoisotopic (exact) mass is 433 g/mol. The Hall–Kier alpha value is -3.35. The molecule has 1 unspecified atom stereocenters. The Morgan fingerprint density at radius 3 is 2.81 bits per heavy atom. The van der Waals surface area contributed by atoms with Crippen LogP contribution >= 0.6 is 0 Å². The zero-order chi connectivity index (χ0) is 22.4. The molecule has 0 fully saturated rings. The summed E-state index contributed by atoms with van der Waals surface area (Å²) >= 11 is 0. The lowest BCUT2D eigenvalue weighted by molar-refractivity contribution is -0.164. The third kappa shape index (κ3) is 4.00. The van der Waals surface area contributed by atoms with E-state index >= 15 is 0 Å². The number of hydrogen-bond donors (Lipinski definition) is 2. The van der Waals surface area contributed by atoms with Crippen molar-refractivity contribution < 1.29 is 22.3 Å². The highest BCUT2D eigenvalue weighted by atomic mass is 19.4. The molecule has 10 heteroatoms. The number of alkyl halides is 3. The van der Waals surface area contributed by atoms with Crippen LogP contribution in [-0.4, -0.2) is 23.2 Å². The summed E-state index contributed by atoms with van der Waals surface area (Å²) < 4.78 is 59.9. The van der Waals surface area contributed by atoms with E-state index in [1.54, 1.807) is 6.07 Å². The van der Waals surface area contributed by atoms with E-state index in [0.29, 0.717) is 17.7 Å². The van der Waals surface area contributed by atoms with Crippen LogP contribution in [0, 0.1) is 17.1 Å². The molecule has 4 rings (SSSR count). The average Bonchev–Trinajstić information content (AvgIpc) is 3.10. The molecule has 2 aromatic rings. The molecule has 0 bridgehead atoms. The van der Waals surface area contributed by atoms with Gasteiger partial charge in [-0.25, -0.2) is 9.38 Å². The Morgan fingerprint density at radius 1 is 1.32 bits per heavy atom. The van der Waals surface area contributed by atoms with Crippen molar-refractivity contribution in [2.24, 2.45) is 10.7 Å². The predicted octanol–water partition coefficient (Wildman–Crippen LogP) is 4.07. The number of hydrogen-bond acceptors (Lipinski definition) is 6. The molecule has 3 atom stereocenters. The average molecular weight is 433 g/mol. The van der Waals surface area contributed by atoms with Crippen LogP contribution in [0.4, 0.5) is 23.2 Å². The molecule has 31 heavy (non-hydrogen) atoms. The number of fused-ring (bicyclic) bond motifs is 1. The predicted molar refractivity (Wildman–Crippen MR) is 105 cm³/mol. The molecular weight excluding hydrogens is 414 g/mol. The first-order chi connectivity index (χ1) is 14.6. The van der Waals surface area contributed by atoms with Gasteiger partial charge < -0.3 is 15.8 Å². The minimum absolute atomic E-state index is 0.0457. The number of aromatic nitrogens is 1. The van der Waals surface area contributed by atoms with Crippen LogP contribution in [0.25, 0.3) is 0 Å². The number of pyridine rings is 1. The van der Waals surface area contributed by atoms with E-state index in [0.717, 1.165) is 17.7 Å². The van der Waals surface area contributed by atoms with Gasteiger partial charge in [-0.05, 0) is 49.6 Å². The summed E-state index contributed by atoms with van der Waals surface area (Å²) in [5, 5.41) is 12.3. The molecule has 0 spiro atoms. The fourth-order valence-electron chi connectivity index (χ4n) is 4.12. The number of aliphatic imine (C=N–C) groups is 1. The quantitative estimate of drug-likeness (QED) is 0.712. The normalized spacial score (nSPS) is 25.2. The zero-order valence-corrected chi connectivity index (χ0v) is 16.5. The highest BCUT2D eigenvalue weighted by molar-refractivity contribution is 5.73. The second-order valence-electron chi connectivity index (χ2n) is 7.87. The van der Waals surface area contributed by atoms with Gasteiger partial charge in [0.25, 0.3) is 6.02 Å². The molecule has 0 saturated heterocycles. The van der Waals surface area contributed by atoms with Gasteiger partial charge in [-0.3, -0.25) is 4.98 Å². The van der Waals surface area contributed by atoms with E-state index in [-0.39, 0.29) is 11.6 Å². The lowest BCUT2D eigenvalue weighted by Crippen LogP contribution is -2.46. The summed E-state index contributed by atoms with van der Waals surface area (Å²) in [4.78, 5) is 7.68. The van der Waals surface area contributed by atoms with E-state index in [9.17, 15) is 17.6 Å². The molecule has 0 saturated carbocycles. The standard InChI is InChI=1S/C21H19F4N5O/c1-20(8-17(21(23,24)25)30-19(27)31-20)14-7-13(3-4-15(14)22)29-16-5-2-12-6-11(9-26)10-28-18(12)16/h3-4,6-7,10,16-17,29H,2,5,8H2,1H3,(H2,27,30)/t16?,17-,20-/m0/s1. The van der Waals surface area contributed by atoms with Gasteiger partial charge in [0.1, 0.15) is 17.5 Å². The zero-order valence-electron chi connectivity index (χ0n) is 16.5. The summed E-state index contributed by atoms with van der Waals surface area (Å²) in [6.07, 6.45) is -2.28. The second kappa shape index (κ2) is 7.41. The third-order valence-corrected chi connectivity index (χ3v) is 5.61. The van der Waals surface area contributed by atoms with Crippen LogP contribution in [-0.2, 0) is 16.8 Å². The molecule has 2 aliphatic rings. The number of nitrogens with zero attached hydrogens (tertiary/aromatic N) is 3. The van der Waals surface area contributed by atoms with Gasteiger partial charge in [-0.1, -0.05) is 0 Å². The van der Waals surface area contributed by atoms with E-state index < -0.39 is 36.1 Å². The Kier molecular flexibility index (Phi) is 5.00. The number of benzene rings is 1. The molecule has 1 aliphatic heterocycles. The molecule has 3 N–H and O–H groups in total. The Morgan fingerprint density at radius 2 is 2.10 bits per heavy atom. The maximum atomic E-state index is 14.7. The number of amidine groups is 1. The van der Waals surface area contributed by atoms with Crippen molar-refractivity contribution in [2.45, 2.75) is 50.0 Å². The maximum Gasteiger partial charge on any atom is 0.411 e. The fraction of sp³-hybridized carbons (Fsp3) is 0.381. The molecule has 1 aliphatic carbocycles. The summed E-state index contributed by atoms with van der Waals surface area (Å²) in [6.45, 7) is 1.37. The number of nitriles is 1. The van der Waals surface area contributed by atoms with E-state index in [1.165, 1.54) is 31.3 Å². The molecule has 2 heterocycles. The first-order valence-corrected chi connectivity index (χ1v) is 9.63. The highest BCUT2D eigenvalue weighted by Crippen LogP contribution is 2.42. The van der Waals surface area contributed by atoms with Crippen LogP contribution < -0.4 is 11.1 Å². The Balaban J connectivity index is 1.62. The van der Waals surface area contributed by atoms with Gasteiger partial charge in [0.05, 0.1) is 17.3 Å². The lowest BCUT2D eigenvalue weighted by Gasteiger charge is -2.37. The number of halogens is 4. The van der Waals surface area contributed by atoms with Crippen LogP contribution in [0.15, 0.2) is 35.5 Å². The van der Waals surface area contributed by atoms with Crippen LogP contribution in [0.3, 0.4) is 0 Å². The Bertz CT molecular complexity index is 1090. The van der Waals surface area contributed by atoms with Gasteiger partial charge in [-0.15, -0.1) is 0 Å². The summed E-state index contributed by atoms with van der Waals surface area (Å²) in [6, 6.07) is 5.08. The van der Waals surface area contributed by atoms with Crippen LogP contribution in [0.5, 0.6) is 0 Å². The topological polar surface area (TPSA) is 96.3 Å². The number of nitrogens with two attached hydrogens (primary N) is 1. The number of rotatable bonds is 3. The number of anilines is 1. The largest absolute Gasteiger partial charge is 0.454 e. The highest BCUT2D eigenvalue weighted by Gasteiger charge is 2.49. The minimum atomic E-state index is -4.62. The summed E-state index contributed by atoms with van der Waals surface area (Å²) in [5.41, 5.74) is 6.54. The van der Waals surface area contributed by atoms with Crippen molar-refractivity contribution >= 4 is 11.7 Å². The molecule has 1 aromatic carbocycles. The fourth-order valence-corrected chi connectivity index (χ4v) is 4.12. The van der Waals surface area contributed by atoms with Crippen molar-refractivity contribution in [1.29, 1.82) is 5.26 Å². The maximum absolute atomic E-state index is 14.7. The SMILES string of the molecule is C[C@@]1(c2cc(NC3CCc4cc(C#N)cnc43)ccc2F)C[C@@H](C(F)(F)F)N=C(N)O1. The van der Waals surface area contributed by atoms with Crippen molar-refractivity contribution in [2.75, 3.05) is 5.32 Å². The van der Waals surface area contributed by atoms with Gasteiger partial charge in [0.2, 0.25) is 0 Å². The van der Waals surface area contributed by atoms with Gasteiger partial charge in [0, 0.05) is 23.9 Å². The second-order valence-corrected chi connectivity index (χ2v) is 7.87. The van der Waals surface area contributed by atoms with E-state index in [1.807, 2.05) is 0 Å². The van der Waals surface area contributed by atoms with Crippen molar-refractivity contribution in [3.05, 3.63) is 58.7 Å². The molecule has 1 aromatic heterocycles. The van der Waals surface area contributed by atoms with Gasteiger partial charge in [-0.2, -0.15) is 18.4 Å². The molecule has 0 radical (unpaired) electrons. The third-order valence-electron chi connectivity index (χ3n) is 5.61. The van der Waals surface area contributed by atoms with Crippen LogP contribution in [0.2, 0.25) is 0 Å². The van der Waals surface area contributed by atoms with Crippen molar-refractivity contribution in [3.63, 3.8) is 0 Å². The number of aryl methyl sites for hydroxylation is 1. The summed E-state index contributed by atoms with van der Waals surface area (Å²) in [7, 11) is 0. The number of nitrogens with one attached hydrogen (secondary N) is 1. The molecule has 162 valence electrons. The van der Waals surface area contributed by atoms with Crippen LogP contribution in [0.1, 0.15) is 48.2 Å². The lowest BCUT2D eigenvalue weighted by atomic mass is 9.87. The summed E-state index contributed by atoms with van der Waals surface area (Å²) in [5.74, 6) is -0.702. The minimum Gasteiger partial charge on any atom is -0.454 e. The molecule has 0 amide bonds. The smallest absolute Gasteiger partial charge is 0.411 e. The van der Waals surface area contributed by atoms with E-state index in [4.69, 9.17) is 15.7 Å². The molecular formula is C21H19F4N5O. The van der Waals surface area contributed by atoms with Gasteiger partial charge in [0.15, 0.2) is 6.04 Å². The van der Waals surface area contributed by atoms with Crippen molar-refractivity contribution in [3.8, 4) is 6.07 Å². The number of ether oxygens (including phenoxy) is 1. The first-order valence-electron chi connectivity index (χ1n) is 9.63. The first kappa shape index (κ1) is 20.9.